The Morgan fingerprint density at radius 2 is 2.05 bits per heavy atom. The van der Waals surface area contributed by atoms with Crippen LogP contribution in [0, 0.1) is 6.92 Å². The number of carbonyl (C=O) groups is 1. The smallest absolute Gasteiger partial charge is 0.254 e. The van der Waals surface area contributed by atoms with Gasteiger partial charge in [-0.25, -0.2) is 0 Å². The van der Waals surface area contributed by atoms with Gasteiger partial charge in [-0.3, -0.25) is 9.48 Å². The summed E-state index contributed by atoms with van der Waals surface area (Å²) in [5.74, 6) is 0.142. The summed E-state index contributed by atoms with van der Waals surface area (Å²) in [5, 5.41) is 16.1. The molecule has 2 rings (SSSR count). The van der Waals surface area contributed by atoms with Crippen molar-refractivity contribution in [2.45, 2.75) is 13.3 Å². The summed E-state index contributed by atoms with van der Waals surface area (Å²) < 4.78 is 1.68. The summed E-state index contributed by atoms with van der Waals surface area (Å²) in [6.45, 7) is 2.42. The van der Waals surface area contributed by atoms with E-state index in [1.54, 1.807) is 23.0 Å². The van der Waals surface area contributed by atoms with Gasteiger partial charge in [-0.1, -0.05) is 12.1 Å². The second-order valence-corrected chi connectivity index (χ2v) is 4.44. The Morgan fingerprint density at radius 1 is 1.37 bits per heavy atom. The lowest BCUT2D eigenvalue weighted by Gasteiger charge is -2.05. The molecule has 100 valence electrons. The molecule has 0 atom stereocenters. The minimum atomic E-state index is -0.107. The highest BCUT2D eigenvalue weighted by molar-refractivity contribution is 5.94. The Labute approximate surface area is 111 Å². The molecule has 0 spiro atoms. The number of benzene rings is 1. The molecule has 5 heteroatoms. The van der Waals surface area contributed by atoms with E-state index in [1.807, 2.05) is 26.1 Å². The number of phenolic OH excluding ortho intramolecular Hbond substituents is 1. The van der Waals surface area contributed by atoms with Crippen molar-refractivity contribution in [3.8, 4) is 5.75 Å². The third-order valence-electron chi connectivity index (χ3n) is 3.12. The van der Waals surface area contributed by atoms with E-state index in [9.17, 15) is 9.90 Å². The van der Waals surface area contributed by atoms with Gasteiger partial charge in [0, 0.05) is 19.3 Å². The first kappa shape index (κ1) is 13.1. The molecule has 0 aliphatic heterocycles. The second-order valence-electron chi connectivity index (χ2n) is 4.44. The van der Waals surface area contributed by atoms with Crippen LogP contribution in [0.2, 0.25) is 0 Å². The van der Waals surface area contributed by atoms with Crippen molar-refractivity contribution in [2.24, 2.45) is 7.05 Å². The fraction of sp³-hybridized carbons (Fsp3) is 0.286. The molecule has 19 heavy (non-hydrogen) atoms. The molecular weight excluding hydrogens is 242 g/mol. The largest absolute Gasteiger partial charge is 0.508 e. The highest BCUT2D eigenvalue weighted by atomic mass is 16.3. The Kier molecular flexibility index (Phi) is 3.85. The lowest BCUT2D eigenvalue weighted by Crippen LogP contribution is -2.26. The van der Waals surface area contributed by atoms with Gasteiger partial charge in [0.25, 0.3) is 5.91 Å². The van der Waals surface area contributed by atoms with Gasteiger partial charge in [-0.2, -0.15) is 5.10 Å². The van der Waals surface area contributed by atoms with Crippen molar-refractivity contribution >= 4 is 5.91 Å². The van der Waals surface area contributed by atoms with Gasteiger partial charge >= 0.3 is 0 Å². The molecule has 1 amide bonds. The molecule has 0 bridgehead atoms. The van der Waals surface area contributed by atoms with Crippen LogP contribution in [-0.4, -0.2) is 27.3 Å². The van der Waals surface area contributed by atoms with Crippen LogP contribution in [0.3, 0.4) is 0 Å². The molecule has 0 radical (unpaired) electrons. The molecule has 0 saturated carbocycles. The van der Waals surface area contributed by atoms with Crippen molar-refractivity contribution in [2.75, 3.05) is 6.54 Å². The molecule has 2 aromatic rings. The van der Waals surface area contributed by atoms with Crippen LogP contribution in [0.15, 0.2) is 30.5 Å². The molecule has 0 fully saturated rings. The van der Waals surface area contributed by atoms with Gasteiger partial charge in [0.1, 0.15) is 5.75 Å². The molecule has 1 aromatic heterocycles. The fourth-order valence-electron chi connectivity index (χ4n) is 1.80. The van der Waals surface area contributed by atoms with E-state index in [2.05, 4.69) is 10.4 Å². The molecule has 0 aliphatic rings. The highest BCUT2D eigenvalue weighted by Crippen LogP contribution is 2.10. The van der Waals surface area contributed by atoms with Crippen LogP contribution >= 0.6 is 0 Å². The van der Waals surface area contributed by atoms with Gasteiger partial charge in [-0.15, -0.1) is 0 Å². The predicted octanol–water partition coefficient (Wildman–Crippen LogP) is 1.41. The molecule has 0 aliphatic carbocycles. The molecule has 1 heterocycles. The number of carbonyl (C=O) groups excluding carboxylic acids is 1. The summed E-state index contributed by atoms with van der Waals surface area (Å²) in [4.78, 5) is 11.9. The van der Waals surface area contributed by atoms with Gasteiger partial charge in [0.2, 0.25) is 0 Å². The zero-order valence-corrected chi connectivity index (χ0v) is 11.1. The Bertz CT molecular complexity index is 573. The van der Waals surface area contributed by atoms with E-state index < -0.39 is 0 Å². The van der Waals surface area contributed by atoms with Crippen molar-refractivity contribution < 1.29 is 9.90 Å². The van der Waals surface area contributed by atoms with Crippen molar-refractivity contribution in [3.05, 3.63) is 47.3 Å². The maximum Gasteiger partial charge on any atom is 0.254 e. The maximum atomic E-state index is 11.9. The Balaban J connectivity index is 1.87. The first-order valence-corrected chi connectivity index (χ1v) is 6.12. The third-order valence-corrected chi connectivity index (χ3v) is 3.12. The van der Waals surface area contributed by atoms with Gasteiger partial charge in [-0.05, 0) is 31.0 Å². The monoisotopic (exact) mass is 259 g/mol. The zero-order valence-electron chi connectivity index (χ0n) is 11.1. The second kappa shape index (κ2) is 5.56. The highest BCUT2D eigenvalue weighted by Gasteiger charge is 2.11. The quantitative estimate of drug-likeness (QED) is 0.872. The Hall–Kier alpha value is -2.30. The minimum absolute atomic E-state index is 0.107. The van der Waals surface area contributed by atoms with E-state index in [4.69, 9.17) is 0 Å². The van der Waals surface area contributed by atoms with E-state index >= 15 is 0 Å². The SMILES string of the molecule is Cc1c(C(=O)NCCc2ccc(O)cc2)cnn1C. The number of nitrogens with zero attached hydrogens (tertiary/aromatic N) is 2. The number of hydrogen-bond acceptors (Lipinski definition) is 3. The van der Waals surface area contributed by atoms with E-state index in [0.717, 1.165) is 17.7 Å². The first-order chi connectivity index (χ1) is 9.08. The summed E-state index contributed by atoms with van der Waals surface area (Å²) in [7, 11) is 1.81. The topological polar surface area (TPSA) is 67.2 Å². The van der Waals surface area contributed by atoms with Crippen LogP contribution in [0.25, 0.3) is 0 Å². The Morgan fingerprint density at radius 3 is 2.63 bits per heavy atom. The summed E-state index contributed by atoms with van der Waals surface area (Å²) in [6.07, 6.45) is 2.30. The van der Waals surface area contributed by atoms with Crippen LogP contribution in [0.4, 0.5) is 0 Å². The lowest BCUT2D eigenvalue weighted by molar-refractivity contribution is 0.0953. The minimum Gasteiger partial charge on any atom is -0.508 e. The van der Waals surface area contributed by atoms with Gasteiger partial charge < -0.3 is 10.4 Å². The summed E-state index contributed by atoms with van der Waals surface area (Å²) in [6, 6.07) is 6.97. The molecule has 0 saturated heterocycles. The number of phenols is 1. The number of amides is 1. The maximum absolute atomic E-state index is 11.9. The van der Waals surface area contributed by atoms with Crippen molar-refractivity contribution in [1.29, 1.82) is 0 Å². The van der Waals surface area contributed by atoms with Crippen molar-refractivity contribution in [3.63, 3.8) is 0 Å². The average molecular weight is 259 g/mol. The van der Waals surface area contributed by atoms with Crippen LogP contribution < -0.4 is 5.32 Å². The number of aromatic hydroxyl groups is 1. The third kappa shape index (κ3) is 3.13. The van der Waals surface area contributed by atoms with Crippen LogP contribution in [0.5, 0.6) is 5.75 Å². The fourth-order valence-corrected chi connectivity index (χ4v) is 1.80. The number of hydrogen-bond donors (Lipinski definition) is 2. The standard InChI is InChI=1S/C14H17N3O2/c1-10-13(9-16-17(10)2)14(19)15-8-7-11-3-5-12(18)6-4-11/h3-6,9,18H,7-8H2,1-2H3,(H,15,19). The predicted molar refractivity (Wildman–Crippen MR) is 72.1 cm³/mol. The van der Waals surface area contributed by atoms with Crippen LogP contribution in [0.1, 0.15) is 21.6 Å². The van der Waals surface area contributed by atoms with Gasteiger partial charge in [0.05, 0.1) is 11.8 Å². The summed E-state index contributed by atoms with van der Waals surface area (Å²) in [5.41, 5.74) is 2.52. The average Bonchev–Trinajstić information content (AvgIpc) is 2.72. The van der Waals surface area contributed by atoms with Crippen LogP contribution in [-0.2, 0) is 13.5 Å². The first-order valence-electron chi connectivity index (χ1n) is 6.12. The van der Waals surface area contributed by atoms with Crippen molar-refractivity contribution in [1.82, 2.24) is 15.1 Å². The number of aryl methyl sites for hydroxylation is 1. The lowest BCUT2D eigenvalue weighted by atomic mass is 10.1. The normalized spacial score (nSPS) is 10.4. The molecule has 0 unspecified atom stereocenters. The summed E-state index contributed by atoms with van der Waals surface area (Å²) >= 11 is 0. The molecule has 1 aromatic carbocycles. The van der Waals surface area contributed by atoms with E-state index in [-0.39, 0.29) is 11.7 Å². The number of aromatic nitrogens is 2. The molecule has 2 N–H and O–H groups in total. The van der Waals surface area contributed by atoms with Gasteiger partial charge in [0.15, 0.2) is 0 Å². The van der Waals surface area contributed by atoms with E-state index in [0.29, 0.717) is 12.1 Å². The number of nitrogens with one attached hydrogen (secondary N) is 1. The number of rotatable bonds is 4. The zero-order chi connectivity index (χ0) is 13.8. The molecule has 5 nitrogen and oxygen atoms in total. The van der Waals surface area contributed by atoms with E-state index in [1.165, 1.54) is 0 Å². The molecular formula is C14H17N3O2.